The Balaban J connectivity index is 0.000000980. The van der Waals surface area contributed by atoms with E-state index in [0.29, 0.717) is 5.56 Å². The van der Waals surface area contributed by atoms with Gasteiger partial charge < -0.3 is 14.3 Å². The van der Waals surface area contributed by atoms with E-state index in [1.165, 1.54) is 0 Å². The molecule has 4 heteroatoms. The third-order valence-corrected chi connectivity index (χ3v) is 2.58. The largest absolute Gasteiger partial charge is 2.00 e. The standard InChI is InChI=1S/C10H13N2O.W/c1-7-8(2)11-9-5-3-4-6-12(9)10(7)13;/h1,3-6H2,2H3;/q-1;+2. The first-order valence-corrected chi connectivity index (χ1v) is 4.62. The molecule has 0 aliphatic carbocycles. The fraction of sp³-hybridized carbons (Fsp3) is 0.500. The van der Waals surface area contributed by atoms with E-state index in [0.717, 1.165) is 37.3 Å². The summed E-state index contributed by atoms with van der Waals surface area (Å²) in [5, 5.41) is 0. The van der Waals surface area contributed by atoms with Crippen LogP contribution in [0.1, 0.15) is 29.9 Å². The van der Waals surface area contributed by atoms with Crippen molar-refractivity contribution in [3.63, 3.8) is 0 Å². The summed E-state index contributed by atoms with van der Waals surface area (Å²) in [5.41, 5.74) is 1.37. The molecule has 2 heterocycles. The topological polar surface area (TPSA) is 34.9 Å². The van der Waals surface area contributed by atoms with Crippen LogP contribution in [0.25, 0.3) is 0 Å². The van der Waals surface area contributed by atoms with E-state index in [1.54, 1.807) is 4.57 Å². The quantitative estimate of drug-likeness (QED) is 0.648. The van der Waals surface area contributed by atoms with Crippen LogP contribution < -0.4 is 5.56 Å². The predicted molar refractivity (Wildman–Crippen MR) is 50.6 cm³/mol. The Morgan fingerprint density at radius 3 is 2.86 bits per heavy atom. The van der Waals surface area contributed by atoms with Crippen LogP contribution in [0.2, 0.25) is 0 Å². The van der Waals surface area contributed by atoms with E-state index >= 15 is 0 Å². The van der Waals surface area contributed by atoms with Gasteiger partial charge in [0.25, 0.3) is 0 Å². The van der Waals surface area contributed by atoms with Crippen LogP contribution in [-0.2, 0) is 34.0 Å². The molecule has 0 saturated carbocycles. The molecule has 0 amide bonds. The van der Waals surface area contributed by atoms with Crippen molar-refractivity contribution in [3.05, 3.63) is 34.4 Å². The fourth-order valence-corrected chi connectivity index (χ4v) is 1.73. The van der Waals surface area contributed by atoms with Gasteiger partial charge in [0.2, 0.25) is 0 Å². The van der Waals surface area contributed by atoms with Crippen molar-refractivity contribution in [3.8, 4) is 0 Å². The van der Waals surface area contributed by atoms with Crippen molar-refractivity contribution in [2.75, 3.05) is 0 Å². The van der Waals surface area contributed by atoms with Crippen LogP contribution in [0.3, 0.4) is 0 Å². The van der Waals surface area contributed by atoms with Crippen molar-refractivity contribution in [2.24, 2.45) is 0 Å². The van der Waals surface area contributed by atoms with Crippen molar-refractivity contribution in [1.29, 1.82) is 0 Å². The molecule has 0 spiro atoms. The summed E-state index contributed by atoms with van der Waals surface area (Å²) < 4.78 is 1.76. The van der Waals surface area contributed by atoms with Crippen LogP contribution in [0.4, 0.5) is 0 Å². The van der Waals surface area contributed by atoms with Gasteiger partial charge in [-0.2, -0.15) is 6.92 Å². The second kappa shape index (κ2) is 4.31. The predicted octanol–water partition coefficient (Wildman–Crippen LogP) is 1.07. The molecule has 74 valence electrons. The molecule has 0 fully saturated rings. The summed E-state index contributed by atoms with van der Waals surface area (Å²) in [6.07, 6.45) is 3.15. The normalized spacial score (nSPS) is 14.4. The average Bonchev–Trinajstić information content (AvgIpc) is 2.15. The Bertz CT molecular complexity index is 398. The zero-order chi connectivity index (χ0) is 9.42. The van der Waals surface area contributed by atoms with E-state index in [1.807, 2.05) is 6.92 Å². The number of hydrogen-bond acceptors (Lipinski definition) is 2. The third kappa shape index (κ3) is 1.78. The molecular formula is C10H13N2OW+. The molecule has 1 aromatic heterocycles. The number of aryl methyl sites for hydroxylation is 2. The van der Waals surface area contributed by atoms with Gasteiger partial charge in [-0.25, -0.2) is 0 Å². The Kier molecular flexibility index (Phi) is 3.54. The first kappa shape index (κ1) is 11.5. The average molecular weight is 361 g/mol. The molecule has 0 atom stereocenters. The maximum atomic E-state index is 11.7. The van der Waals surface area contributed by atoms with Gasteiger partial charge in [-0.05, 0) is 12.8 Å². The molecule has 14 heavy (non-hydrogen) atoms. The number of hydrogen-bond donors (Lipinski definition) is 0. The minimum atomic E-state index is 0. The number of nitrogens with zero attached hydrogens (tertiary/aromatic N) is 2. The van der Waals surface area contributed by atoms with Crippen molar-refractivity contribution >= 4 is 0 Å². The fourth-order valence-electron chi connectivity index (χ4n) is 1.73. The summed E-state index contributed by atoms with van der Waals surface area (Å²) in [4.78, 5) is 16.1. The van der Waals surface area contributed by atoms with Gasteiger partial charge in [0.1, 0.15) is 5.56 Å². The second-order valence-corrected chi connectivity index (χ2v) is 3.51. The zero-order valence-corrected chi connectivity index (χ0v) is 11.2. The first-order chi connectivity index (χ1) is 6.20. The smallest absolute Gasteiger partial charge is 0.351 e. The van der Waals surface area contributed by atoms with E-state index in [4.69, 9.17) is 0 Å². The van der Waals surface area contributed by atoms with E-state index in [2.05, 4.69) is 11.9 Å². The van der Waals surface area contributed by atoms with Crippen molar-refractivity contribution in [2.45, 2.75) is 32.7 Å². The number of fused-ring (bicyclic) bond motifs is 1. The molecule has 1 aromatic rings. The monoisotopic (exact) mass is 361 g/mol. The molecule has 0 unspecified atom stereocenters. The summed E-state index contributed by atoms with van der Waals surface area (Å²) in [5.74, 6) is 0.932. The number of rotatable bonds is 0. The Morgan fingerprint density at radius 1 is 1.43 bits per heavy atom. The van der Waals surface area contributed by atoms with Crippen LogP contribution >= 0.6 is 0 Å². The first-order valence-electron chi connectivity index (χ1n) is 4.62. The molecule has 2 rings (SSSR count). The summed E-state index contributed by atoms with van der Waals surface area (Å²) >= 11 is 0. The molecule has 0 aromatic carbocycles. The third-order valence-electron chi connectivity index (χ3n) is 2.58. The maximum Gasteiger partial charge on any atom is 2.00 e. The second-order valence-electron chi connectivity index (χ2n) is 3.51. The Labute approximate surface area is 97.8 Å². The minimum Gasteiger partial charge on any atom is -0.351 e. The van der Waals surface area contributed by atoms with Gasteiger partial charge in [-0.15, -0.1) is 5.56 Å². The van der Waals surface area contributed by atoms with Crippen LogP contribution in [-0.4, -0.2) is 9.55 Å². The minimum absolute atomic E-state index is 0. The molecule has 3 nitrogen and oxygen atoms in total. The maximum absolute atomic E-state index is 11.7. The molecule has 0 bridgehead atoms. The van der Waals surface area contributed by atoms with Gasteiger partial charge in [-0.1, -0.05) is 12.6 Å². The van der Waals surface area contributed by atoms with Crippen LogP contribution in [0, 0.1) is 13.8 Å². The van der Waals surface area contributed by atoms with E-state index in [9.17, 15) is 4.79 Å². The van der Waals surface area contributed by atoms with Crippen molar-refractivity contribution < 1.29 is 21.1 Å². The Morgan fingerprint density at radius 2 is 2.14 bits per heavy atom. The molecular weight excluding hydrogens is 348 g/mol. The summed E-state index contributed by atoms with van der Waals surface area (Å²) in [6.45, 7) is 6.39. The number of aromatic nitrogens is 2. The molecule has 1 aliphatic rings. The van der Waals surface area contributed by atoms with Crippen LogP contribution in [0.5, 0.6) is 0 Å². The summed E-state index contributed by atoms with van der Waals surface area (Å²) in [7, 11) is 0. The van der Waals surface area contributed by atoms with Gasteiger partial charge in [0.05, 0.1) is 5.82 Å². The summed E-state index contributed by atoms with van der Waals surface area (Å²) in [6, 6.07) is 0. The molecule has 0 saturated heterocycles. The van der Waals surface area contributed by atoms with E-state index in [-0.39, 0.29) is 26.6 Å². The van der Waals surface area contributed by atoms with Gasteiger partial charge in [0.15, 0.2) is 0 Å². The SMILES string of the molecule is [CH2-]c1c(C)nc2n(c1=O)CCCC2.[W+2]. The molecule has 0 radical (unpaired) electrons. The van der Waals surface area contributed by atoms with Gasteiger partial charge >= 0.3 is 21.1 Å². The van der Waals surface area contributed by atoms with Crippen LogP contribution in [0.15, 0.2) is 4.79 Å². The zero-order valence-electron chi connectivity index (χ0n) is 8.25. The van der Waals surface area contributed by atoms with Gasteiger partial charge in [-0.3, -0.25) is 0 Å². The molecule has 0 N–H and O–H groups in total. The van der Waals surface area contributed by atoms with E-state index < -0.39 is 0 Å². The van der Waals surface area contributed by atoms with Gasteiger partial charge in [0, 0.05) is 13.0 Å². The molecule has 1 aliphatic heterocycles. The Hall–Kier alpha value is -0.562. The van der Waals surface area contributed by atoms with Crippen molar-refractivity contribution in [1.82, 2.24) is 9.55 Å².